The van der Waals surface area contributed by atoms with Crippen molar-refractivity contribution in [2.75, 3.05) is 0 Å². The summed E-state index contributed by atoms with van der Waals surface area (Å²) in [5.74, 6) is -0.423. The number of benzene rings is 1. The number of rotatable bonds is 4. The number of ether oxygens (including phenoxy) is 1. The van der Waals surface area contributed by atoms with Gasteiger partial charge in [-0.25, -0.2) is 9.78 Å². The largest absolute Gasteiger partial charge is 0.487 e. The molecular weight excluding hydrogens is 292 g/mol. The number of para-hydroxylation sites is 1. The van der Waals surface area contributed by atoms with E-state index in [4.69, 9.17) is 16.3 Å². The van der Waals surface area contributed by atoms with E-state index in [1.807, 2.05) is 18.2 Å². The lowest BCUT2D eigenvalue weighted by Crippen LogP contribution is -2.07. The lowest BCUT2D eigenvalue weighted by Gasteiger charge is -2.04. The average Bonchev–Trinajstić information content (AvgIpc) is 2.86. The summed E-state index contributed by atoms with van der Waals surface area (Å²) in [6.45, 7) is 0.0592. The van der Waals surface area contributed by atoms with Gasteiger partial charge in [0.2, 0.25) is 0 Å². The molecule has 1 N–H and O–H groups in total. The molecule has 0 aliphatic rings. The van der Waals surface area contributed by atoms with Gasteiger partial charge < -0.3 is 9.84 Å². The van der Waals surface area contributed by atoms with E-state index in [1.165, 1.54) is 4.40 Å². The maximum atomic E-state index is 11.5. The third-order valence-corrected chi connectivity index (χ3v) is 3.29. The Bertz CT molecular complexity index is 799. The van der Waals surface area contributed by atoms with Gasteiger partial charge in [-0.1, -0.05) is 29.8 Å². The zero-order valence-corrected chi connectivity index (χ0v) is 11.6. The van der Waals surface area contributed by atoms with Crippen LogP contribution in [0.5, 0.6) is 5.75 Å². The van der Waals surface area contributed by atoms with E-state index in [0.717, 1.165) is 0 Å². The van der Waals surface area contributed by atoms with Crippen molar-refractivity contribution < 1.29 is 14.6 Å². The first-order chi connectivity index (χ1) is 10.2. The van der Waals surface area contributed by atoms with Crippen molar-refractivity contribution in [2.24, 2.45) is 0 Å². The van der Waals surface area contributed by atoms with Crippen LogP contribution in [0, 0.1) is 0 Å². The van der Waals surface area contributed by atoms with E-state index in [2.05, 4.69) is 4.98 Å². The van der Waals surface area contributed by atoms with Gasteiger partial charge in [0.25, 0.3) is 0 Å². The van der Waals surface area contributed by atoms with Gasteiger partial charge in [0, 0.05) is 6.20 Å². The molecule has 0 spiro atoms. The molecule has 0 radical (unpaired) electrons. The van der Waals surface area contributed by atoms with E-state index >= 15 is 0 Å². The Morgan fingerprint density at radius 3 is 2.71 bits per heavy atom. The van der Waals surface area contributed by atoms with E-state index in [-0.39, 0.29) is 12.3 Å². The van der Waals surface area contributed by atoms with Gasteiger partial charge in [0.15, 0.2) is 11.3 Å². The molecule has 0 aliphatic carbocycles. The van der Waals surface area contributed by atoms with Crippen molar-refractivity contribution in [3.8, 4) is 5.75 Å². The minimum absolute atomic E-state index is 0.0587. The number of carboxylic acids is 1. The Hall–Kier alpha value is -2.53. The monoisotopic (exact) mass is 302 g/mol. The number of hydrogen-bond acceptors (Lipinski definition) is 3. The van der Waals surface area contributed by atoms with Crippen LogP contribution in [0.25, 0.3) is 5.65 Å². The molecule has 1 aromatic carbocycles. The molecule has 0 unspecified atom stereocenters. The predicted molar refractivity (Wildman–Crippen MR) is 77.9 cm³/mol. The Labute approximate surface area is 125 Å². The van der Waals surface area contributed by atoms with Crippen LogP contribution >= 0.6 is 11.6 Å². The van der Waals surface area contributed by atoms with Gasteiger partial charge >= 0.3 is 5.97 Å². The SMILES string of the molecule is O=C(O)c1c(COc2ccccc2)nc2c(Cl)cccn12. The summed E-state index contributed by atoms with van der Waals surface area (Å²) >= 11 is 6.05. The molecule has 106 valence electrons. The highest BCUT2D eigenvalue weighted by molar-refractivity contribution is 6.33. The average molecular weight is 303 g/mol. The second-order valence-corrected chi connectivity index (χ2v) is 4.77. The molecular formula is C15H11ClN2O3. The zero-order chi connectivity index (χ0) is 14.8. The van der Waals surface area contributed by atoms with Gasteiger partial charge in [-0.2, -0.15) is 0 Å². The van der Waals surface area contributed by atoms with Crippen molar-refractivity contribution in [1.82, 2.24) is 9.38 Å². The number of hydrogen-bond donors (Lipinski definition) is 1. The molecule has 6 heteroatoms. The van der Waals surface area contributed by atoms with Crippen LogP contribution in [0.3, 0.4) is 0 Å². The van der Waals surface area contributed by atoms with Gasteiger partial charge in [0.05, 0.1) is 5.02 Å². The number of halogens is 1. The topological polar surface area (TPSA) is 63.8 Å². The summed E-state index contributed by atoms with van der Waals surface area (Å²) in [4.78, 5) is 15.7. The maximum absolute atomic E-state index is 11.5. The van der Waals surface area contributed by atoms with Gasteiger partial charge in [-0.05, 0) is 24.3 Å². The number of carboxylic acid groups (broad SMARTS) is 1. The number of aromatic carboxylic acids is 1. The van der Waals surface area contributed by atoms with Crippen LogP contribution in [0.4, 0.5) is 0 Å². The molecule has 0 bridgehead atoms. The van der Waals surface area contributed by atoms with E-state index in [1.54, 1.807) is 30.5 Å². The minimum atomic E-state index is -1.07. The highest BCUT2D eigenvalue weighted by atomic mass is 35.5. The highest BCUT2D eigenvalue weighted by Crippen LogP contribution is 2.21. The molecule has 3 aromatic rings. The molecule has 0 amide bonds. The molecule has 0 atom stereocenters. The quantitative estimate of drug-likeness (QED) is 0.803. The second-order valence-electron chi connectivity index (χ2n) is 4.36. The summed E-state index contributed by atoms with van der Waals surface area (Å²) in [6.07, 6.45) is 1.61. The van der Waals surface area contributed by atoms with Crippen molar-refractivity contribution in [3.05, 3.63) is 65.1 Å². The van der Waals surface area contributed by atoms with Crippen molar-refractivity contribution in [2.45, 2.75) is 6.61 Å². The van der Waals surface area contributed by atoms with Gasteiger partial charge in [-0.15, -0.1) is 0 Å². The molecule has 0 saturated carbocycles. The number of pyridine rings is 1. The van der Waals surface area contributed by atoms with Crippen molar-refractivity contribution >= 4 is 23.2 Å². The predicted octanol–water partition coefficient (Wildman–Crippen LogP) is 3.26. The normalized spacial score (nSPS) is 10.7. The minimum Gasteiger partial charge on any atom is -0.487 e. The third kappa shape index (κ3) is 2.55. The van der Waals surface area contributed by atoms with Crippen LogP contribution in [0.2, 0.25) is 5.02 Å². The van der Waals surface area contributed by atoms with Crippen LogP contribution in [0.1, 0.15) is 16.2 Å². The van der Waals surface area contributed by atoms with E-state index in [9.17, 15) is 9.90 Å². The standard InChI is InChI=1S/C15H11ClN2O3/c16-11-7-4-8-18-13(15(19)20)12(17-14(11)18)9-21-10-5-2-1-3-6-10/h1-8H,9H2,(H,19,20). The molecule has 2 aromatic heterocycles. The van der Waals surface area contributed by atoms with E-state index < -0.39 is 5.97 Å². The molecule has 0 saturated heterocycles. The molecule has 5 nitrogen and oxygen atoms in total. The Morgan fingerprint density at radius 1 is 1.24 bits per heavy atom. The first kappa shape index (κ1) is 13.5. The maximum Gasteiger partial charge on any atom is 0.354 e. The summed E-state index contributed by atoms with van der Waals surface area (Å²) in [5.41, 5.74) is 0.797. The Balaban J connectivity index is 2.00. The Kier molecular flexibility index (Phi) is 3.50. The second kappa shape index (κ2) is 5.46. The summed E-state index contributed by atoms with van der Waals surface area (Å²) in [6, 6.07) is 12.5. The molecule has 0 aliphatic heterocycles. The van der Waals surface area contributed by atoms with Crippen LogP contribution in [0.15, 0.2) is 48.7 Å². The fourth-order valence-electron chi connectivity index (χ4n) is 2.08. The smallest absolute Gasteiger partial charge is 0.354 e. The summed E-state index contributed by atoms with van der Waals surface area (Å²) in [5, 5.41) is 9.78. The van der Waals surface area contributed by atoms with Gasteiger partial charge in [-0.3, -0.25) is 4.40 Å². The third-order valence-electron chi connectivity index (χ3n) is 3.00. The van der Waals surface area contributed by atoms with Gasteiger partial charge in [0.1, 0.15) is 18.1 Å². The number of carbonyl (C=O) groups is 1. The number of fused-ring (bicyclic) bond motifs is 1. The lowest BCUT2D eigenvalue weighted by molar-refractivity contribution is 0.0686. The molecule has 3 rings (SSSR count). The zero-order valence-electron chi connectivity index (χ0n) is 10.9. The number of imidazole rings is 1. The van der Waals surface area contributed by atoms with E-state index in [0.29, 0.717) is 22.1 Å². The lowest BCUT2D eigenvalue weighted by atomic mass is 10.3. The number of aromatic nitrogens is 2. The van der Waals surface area contributed by atoms with Crippen molar-refractivity contribution in [3.63, 3.8) is 0 Å². The van der Waals surface area contributed by atoms with Crippen LogP contribution in [-0.4, -0.2) is 20.5 Å². The molecule has 21 heavy (non-hydrogen) atoms. The Morgan fingerprint density at radius 2 is 2.00 bits per heavy atom. The van der Waals surface area contributed by atoms with Crippen LogP contribution in [-0.2, 0) is 6.61 Å². The van der Waals surface area contributed by atoms with Crippen LogP contribution < -0.4 is 4.74 Å². The molecule has 0 fully saturated rings. The number of nitrogens with zero attached hydrogens (tertiary/aromatic N) is 2. The van der Waals surface area contributed by atoms with Crippen molar-refractivity contribution in [1.29, 1.82) is 0 Å². The first-order valence-corrected chi connectivity index (χ1v) is 6.61. The molecule has 2 heterocycles. The highest BCUT2D eigenvalue weighted by Gasteiger charge is 2.20. The summed E-state index contributed by atoms with van der Waals surface area (Å²) in [7, 11) is 0. The fraction of sp³-hybridized carbons (Fsp3) is 0.0667. The fourth-order valence-corrected chi connectivity index (χ4v) is 2.28. The first-order valence-electron chi connectivity index (χ1n) is 6.23. The summed E-state index contributed by atoms with van der Waals surface area (Å²) < 4.78 is 7.02.